The van der Waals surface area contributed by atoms with Crippen LogP contribution in [-0.2, 0) is 0 Å². The van der Waals surface area contributed by atoms with Gasteiger partial charge in [-0.2, -0.15) is 0 Å². The van der Waals surface area contributed by atoms with Crippen molar-refractivity contribution in [3.63, 3.8) is 0 Å². The highest BCUT2D eigenvalue weighted by atomic mass is 16.5. The lowest BCUT2D eigenvalue weighted by Crippen LogP contribution is -2.15. The molecule has 0 radical (unpaired) electrons. The van der Waals surface area contributed by atoms with Crippen LogP contribution in [0, 0.1) is 13.8 Å². The largest absolute Gasteiger partial charge is 0.497 e. The number of nitrogens with zero attached hydrogens (tertiary/aromatic N) is 2. The lowest BCUT2D eigenvalue weighted by molar-refractivity contribution is 0.102. The molecule has 1 aromatic heterocycles. The Morgan fingerprint density at radius 3 is 2.28 bits per heavy atom. The van der Waals surface area contributed by atoms with E-state index in [0.29, 0.717) is 22.8 Å². The molecule has 3 aromatic rings. The number of hydrogen-bond donors (Lipinski definition) is 1. The Morgan fingerprint density at radius 2 is 1.68 bits per heavy atom. The Bertz CT molecular complexity index is 888. The number of carbonyl (C=O) groups is 1. The van der Waals surface area contributed by atoms with Crippen molar-refractivity contribution in [3.05, 3.63) is 71.5 Å². The predicted molar refractivity (Wildman–Crippen MR) is 97.9 cm³/mol. The Kier molecular flexibility index (Phi) is 4.75. The second-order valence-electron chi connectivity index (χ2n) is 5.74. The van der Waals surface area contributed by atoms with E-state index < -0.39 is 0 Å². The Balaban J connectivity index is 1.79. The van der Waals surface area contributed by atoms with Gasteiger partial charge in [0.2, 0.25) is 0 Å². The molecule has 0 aliphatic carbocycles. The topological polar surface area (TPSA) is 64.1 Å². The van der Waals surface area contributed by atoms with E-state index in [0.717, 1.165) is 11.3 Å². The van der Waals surface area contributed by atoms with Crippen LogP contribution in [0.5, 0.6) is 5.75 Å². The molecule has 0 aliphatic rings. The van der Waals surface area contributed by atoms with Crippen molar-refractivity contribution in [1.29, 1.82) is 0 Å². The van der Waals surface area contributed by atoms with Crippen LogP contribution in [0.2, 0.25) is 0 Å². The SMILES string of the molecule is COc1ccc(NC(=O)c2cnc(-c3ccc(C)cc3)nc2C)cc1. The molecule has 0 saturated heterocycles. The van der Waals surface area contributed by atoms with Crippen LogP contribution < -0.4 is 10.1 Å². The number of benzene rings is 2. The summed E-state index contributed by atoms with van der Waals surface area (Å²) in [6.45, 7) is 3.84. The number of amides is 1. The number of aryl methyl sites for hydroxylation is 2. The summed E-state index contributed by atoms with van der Waals surface area (Å²) in [7, 11) is 1.60. The fourth-order valence-electron chi connectivity index (χ4n) is 2.40. The fourth-order valence-corrected chi connectivity index (χ4v) is 2.40. The second kappa shape index (κ2) is 7.13. The summed E-state index contributed by atoms with van der Waals surface area (Å²) >= 11 is 0. The first-order chi connectivity index (χ1) is 12.1. The zero-order valence-electron chi connectivity index (χ0n) is 14.4. The lowest BCUT2D eigenvalue weighted by Gasteiger charge is -2.09. The van der Waals surface area contributed by atoms with Crippen molar-refractivity contribution in [1.82, 2.24) is 9.97 Å². The van der Waals surface area contributed by atoms with Crippen molar-refractivity contribution in [2.45, 2.75) is 13.8 Å². The van der Waals surface area contributed by atoms with Gasteiger partial charge in [-0.25, -0.2) is 9.97 Å². The average molecular weight is 333 g/mol. The van der Waals surface area contributed by atoms with Gasteiger partial charge in [0.1, 0.15) is 5.75 Å². The Morgan fingerprint density at radius 1 is 1.00 bits per heavy atom. The van der Waals surface area contributed by atoms with Crippen molar-refractivity contribution in [2.75, 3.05) is 12.4 Å². The maximum atomic E-state index is 12.5. The first-order valence-electron chi connectivity index (χ1n) is 7.93. The molecule has 0 unspecified atom stereocenters. The van der Waals surface area contributed by atoms with Crippen molar-refractivity contribution >= 4 is 11.6 Å². The molecule has 0 aliphatic heterocycles. The molecule has 126 valence electrons. The molecule has 1 amide bonds. The van der Waals surface area contributed by atoms with Crippen molar-refractivity contribution in [2.24, 2.45) is 0 Å². The van der Waals surface area contributed by atoms with Gasteiger partial charge < -0.3 is 10.1 Å². The minimum absolute atomic E-state index is 0.238. The average Bonchev–Trinajstić information content (AvgIpc) is 2.62. The molecule has 5 heteroatoms. The third kappa shape index (κ3) is 3.83. The van der Waals surface area contributed by atoms with Gasteiger partial charge in [-0.05, 0) is 38.1 Å². The smallest absolute Gasteiger partial charge is 0.259 e. The third-order valence-corrected chi connectivity index (χ3v) is 3.88. The van der Waals surface area contributed by atoms with Gasteiger partial charge in [0, 0.05) is 17.4 Å². The molecule has 2 aromatic carbocycles. The number of ether oxygens (including phenoxy) is 1. The Hall–Kier alpha value is -3.21. The molecule has 3 rings (SSSR count). The van der Waals surface area contributed by atoms with Crippen LogP contribution in [0.3, 0.4) is 0 Å². The van der Waals surface area contributed by atoms with Crippen molar-refractivity contribution in [3.8, 4) is 17.1 Å². The molecule has 0 bridgehead atoms. The molecule has 1 N–H and O–H groups in total. The molecule has 5 nitrogen and oxygen atoms in total. The minimum atomic E-state index is -0.238. The van der Waals surface area contributed by atoms with Gasteiger partial charge in [-0.15, -0.1) is 0 Å². The zero-order valence-corrected chi connectivity index (χ0v) is 14.4. The fraction of sp³-hybridized carbons (Fsp3) is 0.150. The van der Waals surface area contributed by atoms with E-state index in [1.165, 1.54) is 5.56 Å². The highest BCUT2D eigenvalue weighted by molar-refractivity contribution is 6.04. The van der Waals surface area contributed by atoms with E-state index in [-0.39, 0.29) is 5.91 Å². The van der Waals surface area contributed by atoms with Crippen LogP contribution in [0.25, 0.3) is 11.4 Å². The van der Waals surface area contributed by atoms with Gasteiger partial charge in [0.05, 0.1) is 18.4 Å². The van der Waals surface area contributed by atoms with Crippen molar-refractivity contribution < 1.29 is 9.53 Å². The van der Waals surface area contributed by atoms with E-state index in [2.05, 4.69) is 15.3 Å². The van der Waals surface area contributed by atoms with Gasteiger partial charge in [-0.1, -0.05) is 29.8 Å². The number of rotatable bonds is 4. The zero-order chi connectivity index (χ0) is 17.8. The maximum absolute atomic E-state index is 12.5. The Labute approximate surface area is 146 Å². The van der Waals surface area contributed by atoms with Gasteiger partial charge in [0.25, 0.3) is 5.91 Å². The van der Waals surface area contributed by atoms with E-state index >= 15 is 0 Å². The number of anilines is 1. The van der Waals surface area contributed by atoms with Crippen LogP contribution >= 0.6 is 0 Å². The van der Waals surface area contributed by atoms with Crippen LogP contribution in [0.4, 0.5) is 5.69 Å². The van der Waals surface area contributed by atoms with Crippen LogP contribution in [0.15, 0.2) is 54.7 Å². The summed E-state index contributed by atoms with van der Waals surface area (Å²) in [6, 6.07) is 15.1. The van der Waals surface area contributed by atoms with Gasteiger partial charge in [-0.3, -0.25) is 4.79 Å². The van der Waals surface area contributed by atoms with E-state index in [1.807, 2.05) is 38.1 Å². The minimum Gasteiger partial charge on any atom is -0.497 e. The van der Waals surface area contributed by atoms with E-state index in [4.69, 9.17) is 4.74 Å². The van der Waals surface area contributed by atoms with Gasteiger partial charge >= 0.3 is 0 Å². The normalized spacial score (nSPS) is 10.4. The quantitative estimate of drug-likeness (QED) is 0.783. The van der Waals surface area contributed by atoms with Crippen LogP contribution in [-0.4, -0.2) is 23.0 Å². The molecule has 0 saturated carbocycles. The summed E-state index contributed by atoms with van der Waals surface area (Å²) in [6.07, 6.45) is 1.57. The summed E-state index contributed by atoms with van der Waals surface area (Å²) in [5.41, 5.74) is 3.88. The molecule has 0 spiro atoms. The van der Waals surface area contributed by atoms with Crippen LogP contribution in [0.1, 0.15) is 21.6 Å². The summed E-state index contributed by atoms with van der Waals surface area (Å²) < 4.78 is 5.11. The molecule has 0 atom stereocenters. The molecule has 25 heavy (non-hydrogen) atoms. The lowest BCUT2D eigenvalue weighted by atomic mass is 10.1. The molecule has 1 heterocycles. The molecular weight excluding hydrogens is 314 g/mol. The maximum Gasteiger partial charge on any atom is 0.259 e. The third-order valence-electron chi connectivity index (χ3n) is 3.88. The number of nitrogens with one attached hydrogen (secondary N) is 1. The highest BCUT2D eigenvalue weighted by Gasteiger charge is 2.13. The standard InChI is InChI=1S/C20H19N3O2/c1-13-4-6-15(7-5-13)19-21-12-18(14(2)22-19)20(24)23-16-8-10-17(25-3)11-9-16/h4-12H,1-3H3,(H,23,24). The first-order valence-corrected chi connectivity index (χ1v) is 7.93. The second-order valence-corrected chi connectivity index (χ2v) is 5.74. The first kappa shape index (κ1) is 16.6. The number of aromatic nitrogens is 2. The summed E-state index contributed by atoms with van der Waals surface area (Å²) in [5.74, 6) is 1.11. The predicted octanol–water partition coefficient (Wildman–Crippen LogP) is 4.02. The van der Waals surface area contributed by atoms with Gasteiger partial charge in [0.15, 0.2) is 5.82 Å². The van der Waals surface area contributed by atoms with E-state index in [9.17, 15) is 4.79 Å². The number of methoxy groups -OCH3 is 1. The van der Waals surface area contributed by atoms with E-state index in [1.54, 1.807) is 37.6 Å². The number of carbonyl (C=O) groups excluding carboxylic acids is 1. The molecular formula is C20H19N3O2. The monoisotopic (exact) mass is 333 g/mol. The summed E-state index contributed by atoms with van der Waals surface area (Å²) in [4.78, 5) is 21.3. The number of hydrogen-bond acceptors (Lipinski definition) is 4. The molecule has 0 fully saturated rings. The summed E-state index contributed by atoms with van der Waals surface area (Å²) in [5, 5.41) is 2.84. The highest BCUT2D eigenvalue weighted by Crippen LogP contribution is 2.19.